The van der Waals surface area contributed by atoms with Crippen LogP contribution in [0.15, 0.2) is 37.1 Å². The van der Waals surface area contributed by atoms with Crippen molar-refractivity contribution >= 4 is 0 Å². The van der Waals surface area contributed by atoms with Gasteiger partial charge in [0.05, 0.1) is 5.70 Å². The molecule has 0 aliphatic carbocycles. The molecule has 0 unspecified atom stereocenters. The predicted molar refractivity (Wildman–Crippen MR) is 40.4 cm³/mol. The van der Waals surface area contributed by atoms with Gasteiger partial charge >= 0.3 is 0 Å². The number of hydrazine groups is 1. The van der Waals surface area contributed by atoms with E-state index in [0.717, 1.165) is 5.70 Å². The molecule has 0 amide bonds. The Hall–Kier alpha value is -1.02. The number of hydrogen-bond acceptors (Lipinski definition) is 2. The molecule has 2 nitrogen and oxygen atoms in total. The average molecular weight is 124 g/mol. The maximum absolute atomic E-state index is 5.38. The zero-order valence-corrected chi connectivity index (χ0v) is 5.67. The maximum Gasteiger partial charge on any atom is 0.0507 e. The zero-order chi connectivity index (χ0) is 7.28. The number of allylic oxidation sites excluding steroid dienone is 3. The minimum Gasteiger partial charge on any atom is -0.314 e. The second-order valence-electron chi connectivity index (χ2n) is 1.64. The summed E-state index contributed by atoms with van der Waals surface area (Å²) in [5.41, 5.74) is 0.852. The van der Waals surface area contributed by atoms with E-state index in [9.17, 15) is 0 Å². The van der Waals surface area contributed by atoms with Crippen LogP contribution in [-0.2, 0) is 0 Å². The summed E-state index contributed by atoms with van der Waals surface area (Å²) in [4.78, 5) is 0. The molecule has 50 valence electrons. The van der Waals surface area contributed by atoms with E-state index >= 15 is 0 Å². The van der Waals surface area contributed by atoms with E-state index < -0.39 is 0 Å². The molecule has 0 aliphatic heterocycles. The van der Waals surface area contributed by atoms with E-state index in [1.165, 1.54) is 5.01 Å². The van der Waals surface area contributed by atoms with Gasteiger partial charge in [0, 0.05) is 7.05 Å². The summed E-state index contributed by atoms with van der Waals surface area (Å²) >= 11 is 0. The highest BCUT2D eigenvalue weighted by atomic mass is 15.4. The van der Waals surface area contributed by atoms with Crippen molar-refractivity contribution in [3.8, 4) is 0 Å². The lowest BCUT2D eigenvalue weighted by molar-refractivity contribution is 0.456. The molecule has 2 heteroatoms. The fourth-order valence-corrected chi connectivity index (χ4v) is 0.450. The summed E-state index contributed by atoms with van der Waals surface area (Å²) in [6.45, 7) is 7.09. The van der Waals surface area contributed by atoms with Crippen LogP contribution in [0.3, 0.4) is 0 Å². The van der Waals surface area contributed by atoms with E-state index in [1.807, 2.05) is 0 Å². The first-order valence-corrected chi connectivity index (χ1v) is 2.66. The highest BCUT2D eigenvalue weighted by molar-refractivity contribution is 5.18. The molecule has 0 atom stereocenters. The molecule has 0 bridgehead atoms. The topological polar surface area (TPSA) is 29.3 Å². The van der Waals surface area contributed by atoms with Crippen LogP contribution in [0.1, 0.15) is 0 Å². The van der Waals surface area contributed by atoms with Crippen molar-refractivity contribution in [3.63, 3.8) is 0 Å². The van der Waals surface area contributed by atoms with E-state index in [0.29, 0.717) is 0 Å². The number of likely N-dealkylation sites (N-methyl/N-ethyl adjacent to an activating group) is 1. The van der Waals surface area contributed by atoms with Gasteiger partial charge in [0.25, 0.3) is 0 Å². The molecule has 0 heterocycles. The number of rotatable bonds is 3. The summed E-state index contributed by atoms with van der Waals surface area (Å²) in [5.74, 6) is 5.38. The molecule has 0 radical (unpaired) electrons. The quantitative estimate of drug-likeness (QED) is 0.346. The van der Waals surface area contributed by atoms with Crippen LogP contribution in [0, 0.1) is 0 Å². The minimum atomic E-state index is 0.852. The minimum absolute atomic E-state index is 0.852. The van der Waals surface area contributed by atoms with Crippen LogP contribution in [0.25, 0.3) is 0 Å². The fourth-order valence-electron chi connectivity index (χ4n) is 0.450. The van der Waals surface area contributed by atoms with Gasteiger partial charge in [0.1, 0.15) is 0 Å². The first kappa shape index (κ1) is 7.98. The standard InChI is InChI=1S/C7H12N2/c1-4-6-7(5-2)9(3)8/h4-6H,1-2,8H2,3H3/b7-6+. The van der Waals surface area contributed by atoms with Crippen LogP contribution in [0.5, 0.6) is 0 Å². The number of nitrogens with two attached hydrogens (primary N) is 1. The third kappa shape index (κ3) is 2.72. The van der Waals surface area contributed by atoms with Crippen molar-refractivity contribution in [3.05, 3.63) is 37.1 Å². The van der Waals surface area contributed by atoms with Gasteiger partial charge in [-0.2, -0.15) is 0 Å². The monoisotopic (exact) mass is 124 g/mol. The molecule has 0 aromatic rings. The molecule has 0 fully saturated rings. The Balaban J connectivity index is 4.13. The Morgan fingerprint density at radius 1 is 1.56 bits per heavy atom. The Morgan fingerprint density at radius 2 is 2.11 bits per heavy atom. The SMILES string of the molecule is C=C/C=C(\C=C)N(C)N. The van der Waals surface area contributed by atoms with Gasteiger partial charge in [-0.1, -0.05) is 19.2 Å². The largest absolute Gasteiger partial charge is 0.314 e. The molecule has 0 aromatic carbocycles. The highest BCUT2D eigenvalue weighted by Crippen LogP contribution is 1.95. The second kappa shape index (κ2) is 3.92. The van der Waals surface area contributed by atoms with Crippen LogP contribution in [0.2, 0.25) is 0 Å². The first-order valence-electron chi connectivity index (χ1n) is 2.66. The third-order valence-corrected chi connectivity index (χ3v) is 0.905. The smallest absolute Gasteiger partial charge is 0.0507 e. The van der Waals surface area contributed by atoms with Crippen LogP contribution in [0.4, 0.5) is 0 Å². The van der Waals surface area contributed by atoms with E-state index in [2.05, 4.69) is 13.2 Å². The predicted octanol–water partition coefficient (Wildman–Crippen LogP) is 1.05. The molecule has 0 rings (SSSR count). The van der Waals surface area contributed by atoms with Crippen molar-refractivity contribution in [2.24, 2.45) is 5.84 Å². The Bertz CT molecular complexity index is 134. The summed E-state index contributed by atoms with van der Waals surface area (Å²) in [6, 6.07) is 0. The molecule has 2 N–H and O–H groups in total. The van der Waals surface area contributed by atoms with Gasteiger partial charge in [-0.15, -0.1) is 0 Å². The van der Waals surface area contributed by atoms with E-state index in [1.54, 1.807) is 25.3 Å². The summed E-state index contributed by atoms with van der Waals surface area (Å²) in [6.07, 6.45) is 5.12. The molecular weight excluding hydrogens is 112 g/mol. The van der Waals surface area contributed by atoms with Crippen molar-refractivity contribution in [1.29, 1.82) is 0 Å². The lowest BCUT2D eigenvalue weighted by Gasteiger charge is -2.11. The van der Waals surface area contributed by atoms with Crippen molar-refractivity contribution in [2.45, 2.75) is 0 Å². The van der Waals surface area contributed by atoms with Gasteiger partial charge in [0.15, 0.2) is 0 Å². The normalized spacial score (nSPS) is 10.7. The van der Waals surface area contributed by atoms with Gasteiger partial charge in [-0.3, -0.25) is 0 Å². The Labute approximate surface area is 55.9 Å². The van der Waals surface area contributed by atoms with Crippen molar-refractivity contribution in [2.75, 3.05) is 7.05 Å². The summed E-state index contributed by atoms with van der Waals surface area (Å²) in [5, 5.41) is 1.48. The van der Waals surface area contributed by atoms with Gasteiger partial charge < -0.3 is 5.01 Å². The Morgan fingerprint density at radius 3 is 2.22 bits per heavy atom. The van der Waals surface area contributed by atoms with Gasteiger partial charge in [-0.25, -0.2) is 5.84 Å². The molecule has 0 aliphatic rings. The van der Waals surface area contributed by atoms with Crippen molar-refractivity contribution < 1.29 is 0 Å². The lowest BCUT2D eigenvalue weighted by atomic mass is 10.4. The Kier molecular flexibility index (Phi) is 3.48. The molecule has 0 spiro atoms. The average Bonchev–Trinajstić information content (AvgIpc) is 1.82. The highest BCUT2D eigenvalue weighted by Gasteiger charge is 1.88. The molecule has 0 saturated carbocycles. The molecule has 0 aromatic heterocycles. The van der Waals surface area contributed by atoms with E-state index in [-0.39, 0.29) is 0 Å². The van der Waals surface area contributed by atoms with Crippen LogP contribution in [-0.4, -0.2) is 12.1 Å². The zero-order valence-electron chi connectivity index (χ0n) is 5.67. The third-order valence-electron chi connectivity index (χ3n) is 0.905. The summed E-state index contributed by atoms with van der Waals surface area (Å²) < 4.78 is 0. The maximum atomic E-state index is 5.38. The molecular formula is C7H12N2. The number of nitrogens with zero attached hydrogens (tertiary/aromatic N) is 1. The van der Waals surface area contributed by atoms with Crippen LogP contribution >= 0.6 is 0 Å². The second-order valence-corrected chi connectivity index (χ2v) is 1.64. The van der Waals surface area contributed by atoms with Gasteiger partial charge in [0.2, 0.25) is 0 Å². The molecule has 0 saturated heterocycles. The lowest BCUT2D eigenvalue weighted by Crippen LogP contribution is -2.23. The first-order chi connectivity index (χ1) is 4.22. The van der Waals surface area contributed by atoms with Crippen LogP contribution < -0.4 is 5.84 Å². The number of hydrogen-bond donors (Lipinski definition) is 1. The summed E-state index contributed by atoms with van der Waals surface area (Å²) in [7, 11) is 1.75. The van der Waals surface area contributed by atoms with E-state index in [4.69, 9.17) is 5.84 Å². The fraction of sp³-hybridized carbons (Fsp3) is 0.143. The van der Waals surface area contributed by atoms with Gasteiger partial charge in [-0.05, 0) is 12.2 Å². The molecule has 9 heavy (non-hydrogen) atoms. The van der Waals surface area contributed by atoms with Crippen molar-refractivity contribution in [1.82, 2.24) is 5.01 Å².